The summed E-state index contributed by atoms with van der Waals surface area (Å²) in [6.45, 7) is 5.63. The number of hydrogen-bond donors (Lipinski definition) is 0. The Morgan fingerprint density at radius 3 is 2.64 bits per heavy atom. The van der Waals surface area contributed by atoms with Crippen LogP contribution in [0.1, 0.15) is 60.7 Å². The minimum atomic E-state index is 0.0187. The minimum absolute atomic E-state index is 0.0187. The Morgan fingerprint density at radius 1 is 1.16 bits per heavy atom. The molecule has 0 aliphatic carbocycles. The summed E-state index contributed by atoms with van der Waals surface area (Å²) in [5.74, 6) is 3.16. The van der Waals surface area contributed by atoms with E-state index in [-0.39, 0.29) is 24.5 Å². The van der Waals surface area contributed by atoms with E-state index in [9.17, 15) is 4.79 Å². The molecule has 3 heterocycles. The van der Waals surface area contributed by atoms with E-state index in [1.165, 1.54) is 0 Å². The average molecular weight is 343 g/mol. The SMILES string of the molecule is CC(C)c1nnc(C2CCN(C(=O)c3ccc4c(c3)OCO4)CC2)o1. The number of aromatic nitrogens is 2. The van der Waals surface area contributed by atoms with E-state index in [0.717, 1.165) is 12.8 Å². The van der Waals surface area contributed by atoms with Gasteiger partial charge in [-0.3, -0.25) is 4.79 Å². The Balaban J connectivity index is 1.40. The largest absolute Gasteiger partial charge is 0.454 e. The van der Waals surface area contributed by atoms with Crippen LogP contribution in [0, 0.1) is 0 Å². The molecule has 1 amide bonds. The fourth-order valence-electron chi connectivity index (χ4n) is 3.19. The van der Waals surface area contributed by atoms with Crippen molar-refractivity contribution in [3.05, 3.63) is 35.5 Å². The van der Waals surface area contributed by atoms with Crippen molar-refractivity contribution in [2.75, 3.05) is 19.9 Å². The number of fused-ring (bicyclic) bond motifs is 1. The fraction of sp³-hybridized carbons (Fsp3) is 0.500. The number of ether oxygens (including phenoxy) is 2. The standard InChI is InChI=1S/C18H21N3O4/c1-11(2)16-19-20-17(25-16)12-5-7-21(8-6-12)18(22)13-3-4-14-15(9-13)24-10-23-14/h3-4,9,11-12H,5-8,10H2,1-2H3. The van der Waals surface area contributed by atoms with E-state index in [1.54, 1.807) is 18.2 Å². The van der Waals surface area contributed by atoms with Gasteiger partial charge in [0.15, 0.2) is 11.5 Å². The van der Waals surface area contributed by atoms with Crippen LogP contribution in [0.15, 0.2) is 22.6 Å². The van der Waals surface area contributed by atoms with Gasteiger partial charge in [0, 0.05) is 30.5 Å². The van der Waals surface area contributed by atoms with Crippen LogP contribution in [0.25, 0.3) is 0 Å². The van der Waals surface area contributed by atoms with Crippen LogP contribution in [0.3, 0.4) is 0 Å². The normalized spacial score (nSPS) is 17.3. The number of hydrogen-bond acceptors (Lipinski definition) is 6. The number of carbonyl (C=O) groups is 1. The molecule has 0 saturated carbocycles. The summed E-state index contributed by atoms with van der Waals surface area (Å²) in [5, 5.41) is 8.28. The second kappa shape index (κ2) is 6.38. The van der Waals surface area contributed by atoms with E-state index in [0.29, 0.717) is 41.9 Å². The maximum absolute atomic E-state index is 12.7. The number of piperidine rings is 1. The molecule has 1 fully saturated rings. The molecule has 2 aromatic rings. The van der Waals surface area contributed by atoms with Crippen LogP contribution < -0.4 is 9.47 Å². The van der Waals surface area contributed by atoms with Gasteiger partial charge in [0.2, 0.25) is 18.6 Å². The van der Waals surface area contributed by atoms with Gasteiger partial charge in [-0.15, -0.1) is 10.2 Å². The first-order chi connectivity index (χ1) is 12.1. The molecular formula is C18H21N3O4. The third-order valence-electron chi connectivity index (χ3n) is 4.70. The van der Waals surface area contributed by atoms with Gasteiger partial charge < -0.3 is 18.8 Å². The van der Waals surface area contributed by atoms with Crippen molar-refractivity contribution in [2.24, 2.45) is 0 Å². The zero-order chi connectivity index (χ0) is 17.4. The lowest BCUT2D eigenvalue weighted by atomic mass is 9.96. The van der Waals surface area contributed by atoms with Crippen LogP contribution in [0.4, 0.5) is 0 Å². The highest BCUT2D eigenvalue weighted by molar-refractivity contribution is 5.95. The van der Waals surface area contributed by atoms with Gasteiger partial charge in [0.1, 0.15) is 0 Å². The third kappa shape index (κ3) is 3.06. The molecule has 0 radical (unpaired) electrons. The topological polar surface area (TPSA) is 77.7 Å². The first kappa shape index (κ1) is 15.9. The molecule has 25 heavy (non-hydrogen) atoms. The van der Waals surface area contributed by atoms with Gasteiger partial charge >= 0.3 is 0 Å². The van der Waals surface area contributed by atoms with Gasteiger partial charge in [-0.1, -0.05) is 13.8 Å². The van der Waals surface area contributed by atoms with Gasteiger partial charge in [-0.05, 0) is 31.0 Å². The van der Waals surface area contributed by atoms with Gasteiger partial charge in [-0.2, -0.15) is 0 Å². The molecule has 1 saturated heterocycles. The van der Waals surface area contributed by atoms with Crippen LogP contribution in [0.5, 0.6) is 11.5 Å². The van der Waals surface area contributed by atoms with Gasteiger partial charge in [0.05, 0.1) is 0 Å². The summed E-state index contributed by atoms with van der Waals surface area (Å²) in [6, 6.07) is 5.33. The monoisotopic (exact) mass is 343 g/mol. The zero-order valence-corrected chi connectivity index (χ0v) is 14.4. The van der Waals surface area contributed by atoms with Crippen LogP contribution in [-0.2, 0) is 0 Å². The molecule has 0 bridgehead atoms. The number of benzene rings is 1. The Hall–Kier alpha value is -2.57. The molecule has 2 aliphatic rings. The van der Waals surface area contributed by atoms with E-state index < -0.39 is 0 Å². The van der Waals surface area contributed by atoms with Crippen molar-refractivity contribution >= 4 is 5.91 Å². The number of likely N-dealkylation sites (tertiary alicyclic amines) is 1. The first-order valence-electron chi connectivity index (χ1n) is 8.64. The highest BCUT2D eigenvalue weighted by Crippen LogP contribution is 2.34. The second-order valence-corrected chi connectivity index (χ2v) is 6.77. The summed E-state index contributed by atoms with van der Waals surface area (Å²) in [4.78, 5) is 14.6. The fourth-order valence-corrected chi connectivity index (χ4v) is 3.19. The van der Waals surface area contributed by atoms with Crippen molar-refractivity contribution < 1.29 is 18.7 Å². The Kier molecular flexibility index (Phi) is 4.07. The van der Waals surface area contributed by atoms with Crippen LogP contribution in [-0.4, -0.2) is 40.9 Å². The molecule has 0 N–H and O–H groups in total. The average Bonchev–Trinajstić information content (AvgIpc) is 3.30. The Morgan fingerprint density at radius 2 is 1.92 bits per heavy atom. The smallest absolute Gasteiger partial charge is 0.253 e. The lowest BCUT2D eigenvalue weighted by Gasteiger charge is -2.30. The summed E-state index contributed by atoms with van der Waals surface area (Å²) < 4.78 is 16.4. The summed E-state index contributed by atoms with van der Waals surface area (Å²) in [6.07, 6.45) is 1.66. The molecule has 1 aromatic heterocycles. The third-order valence-corrected chi connectivity index (χ3v) is 4.70. The van der Waals surface area contributed by atoms with Crippen LogP contribution in [0.2, 0.25) is 0 Å². The minimum Gasteiger partial charge on any atom is -0.454 e. The molecule has 7 heteroatoms. The van der Waals surface area contributed by atoms with Gasteiger partial charge in [0.25, 0.3) is 5.91 Å². The van der Waals surface area contributed by atoms with Gasteiger partial charge in [-0.25, -0.2) is 0 Å². The molecule has 4 rings (SSSR count). The molecule has 132 valence electrons. The quantitative estimate of drug-likeness (QED) is 0.853. The van der Waals surface area contributed by atoms with E-state index >= 15 is 0 Å². The van der Waals surface area contributed by atoms with E-state index in [4.69, 9.17) is 13.9 Å². The second-order valence-electron chi connectivity index (χ2n) is 6.77. The van der Waals surface area contributed by atoms with Crippen LogP contribution >= 0.6 is 0 Å². The maximum atomic E-state index is 12.7. The number of rotatable bonds is 3. The highest BCUT2D eigenvalue weighted by Gasteiger charge is 2.28. The van der Waals surface area contributed by atoms with Crippen molar-refractivity contribution in [1.82, 2.24) is 15.1 Å². The first-order valence-corrected chi connectivity index (χ1v) is 8.64. The van der Waals surface area contributed by atoms with Crippen molar-refractivity contribution in [3.63, 3.8) is 0 Å². The van der Waals surface area contributed by atoms with Crippen molar-refractivity contribution in [1.29, 1.82) is 0 Å². The van der Waals surface area contributed by atoms with E-state index in [1.807, 2.05) is 18.7 Å². The molecule has 2 aliphatic heterocycles. The molecule has 0 spiro atoms. The molecular weight excluding hydrogens is 322 g/mol. The lowest BCUT2D eigenvalue weighted by Crippen LogP contribution is -2.38. The zero-order valence-electron chi connectivity index (χ0n) is 14.4. The van der Waals surface area contributed by atoms with E-state index in [2.05, 4.69) is 10.2 Å². The summed E-state index contributed by atoms with van der Waals surface area (Å²) >= 11 is 0. The molecule has 0 atom stereocenters. The molecule has 1 aromatic carbocycles. The van der Waals surface area contributed by atoms with Crippen molar-refractivity contribution in [2.45, 2.75) is 38.5 Å². The predicted octanol–water partition coefficient (Wildman–Crippen LogP) is 2.94. The Bertz CT molecular complexity index is 778. The van der Waals surface area contributed by atoms with Crippen molar-refractivity contribution in [3.8, 4) is 11.5 Å². The predicted molar refractivity (Wildman–Crippen MR) is 88.8 cm³/mol. The number of nitrogens with zero attached hydrogens (tertiary/aromatic N) is 3. The highest BCUT2D eigenvalue weighted by atomic mass is 16.7. The summed E-state index contributed by atoms with van der Waals surface area (Å²) in [5.41, 5.74) is 0.627. The maximum Gasteiger partial charge on any atom is 0.253 e. The molecule has 7 nitrogen and oxygen atoms in total. The number of carbonyl (C=O) groups excluding carboxylic acids is 1. The number of amides is 1. The lowest BCUT2D eigenvalue weighted by molar-refractivity contribution is 0.0705. The Labute approximate surface area is 145 Å². The summed E-state index contributed by atoms with van der Waals surface area (Å²) in [7, 11) is 0. The molecule has 0 unspecified atom stereocenters.